The summed E-state index contributed by atoms with van der Waals surface area (Å²) < 4.78 is 36.3. The molecule has 0 saturated heterocycles. The maximum atomic E-state index is 13.2. The first kappa shape index (κ1) is 23.1. The van der Waals surface area contributed by atoms with Crippen molar-refractivity contribution in [3.05, 3.63) is 64.4 Å². The van der Waals surface area contributed by atoms with Gasteiger partial charge in [0, 0.05) is 5.70 Å². The largest absolute Gasteiger partial charge is 0.504 e. The highest BCUT2D eigenvalue weighted by atomic mass is 32.2. The summed E-state index contributed by atoms with van der Waals surface area (Å²) >= 11 is 0. The Morgan fingerprint density at radius 3 is 2.47 bits per heavy atom. The van der Waals surface area contributed by atoms with E-state index in [1.165, 1.54) is 31.4 Å². The first-order valence-corrected chi connectivity index (χ1v) is 11.3. The molecule has 170 valence electrons. The zero-order chi connectivity index (χ0) is 23.6. The van der Waals surface area contributed by atoms with Crippen molar-refractivity contribution >= 4 is 21.8 Å². The molecular weight excluding hydrogens is 436 g/mol. The second-order valence-corrected chi connectivity index (χ2v) is 9.33. The van der Waals surface area contributed by atoms with E-state index in [-0.39, 0.29) is 27.7 Å². The van der Waals surface area contributed by atoms with E-state index >= 15 is 0 Å². The van der Waals surface area contributed by atoms with Gasteiger partial charge in [-0.25, -0.2) is 18.0 Å². The number of phenols is 1. The van der Waals surface area contributed by atoms with Gasteiger partial charge in [0.25, 0.3) is 0 Å². The van der Waals surface area contributed by atoms with Gasteiger partial charge in [-0.3, -0.25) is 0 Å². The summed E-state index contributed by atoms with van der Waals surface area (Å²) in [7, 11) is -1.38. The highest BCUT2D eigenvalue weighted by Crippen LogP contribution is 2.34. The molecule has 0 aromatic heterocycles. The molecule has 0 aliphatic carbocycles. The summed E-state index contributed by atoms with van der Waals surface area (Å²) in [5.74, 6) is -1.41. The molecule has 0 unspecified atom stereocenters. The van der Waals surface area contributed by atoms with Gasteiger partial charge in [0.15, 0.2) is 21.3 Å². The van der Waals surface area contributed by atoms with Crippen molar-refractivity contribution in [1.29, 1.82) is 0 Å². The predicted molar refractivity (Wildman–Crippen MR) is 116 cm³/mol. The van der Waals surface area contributed by atoms with Crippen LogP contribution in [0.3, 0.4) is 0 Å². The minimum absolute atomic E-state index is 0.0619. The average molecular weight is 461 g/mol. The van der Waals surface area contributed by atoms with Crippen LogP contribution in [-0.4, -0.2) is 45.5 Å². The number of nitrogens with one attached hydrogen (secondary N) is 2. The number of rotatable bonds is 6. The molecule has 0 radical (unpaired) electrons. The number of urea groups is 1. The zero-order valence-electron chi connectivity index (χ0n) is 18.1. The summed E-state index contributed by atoms with van der Waals surface area (Å²) in [6.07, 6.45) is 0. The van der Waals surface area contributed by atoms with Crippen LogP contribution in [0.1, 0.15) is 22.7 Å². The lowest BCUT2D eigenvalue weighted by atomic mass is 9.95. The highest BCUT2D eigenvalue weighted by molar-refractivity contribution is 7.91. The lowest BCUT2D eigenvalue weighted by molar-refractivity contribution is -0.136. The molecule has 10 heteroatoms. The van der Waals surface area contributed by atoms with E-state index in [0.717, 1.165) is 12.7 Å². The van der Waals surface area contributed by atoms with Crippen LogP contribution in [0.25, 0.3) is 0 Å². The molecular formula is C22H24N2O7S. The number of carbonyl (C=O) groups excluding carboxylic acids is 2. The van der Waals surface area contributed by atoms with Crippen molar-refractivity contribution in [2.45, 2.75) is 24.8 Å². The zero-order valence-corrected chi connectivity index (χ0v) is 18.9. The van der Waals surface area contributed by atoms with Crippen LogP contribution in [0.5, 0.6) is 11.5 Å². The first-order valence-electron chi connectivity index (χ1n) is 9.63. The molecule has 0 fully saturated rings. The van der Waals surface area contributed by atoms with Crippen molar-refractivity contribution in [1.82, 2.24) is 10.6 Å². The van der Waals surface area contributed by atoms with Crippen LogP contribution in [-0.2, 0) is 19.4 Å². The first-order chi connectivity index (χ1) is 15.1. The number of esters is 1. The monoisotopic (exact) mass is 460 g/mol. The quantitative estimate of drug-likeness (QED) is 0.564. The molecule has 3 N–H and O–H groups in total. The Hall–Kier alpha value is -3.53. The molecule has 0 bridgehead atoms. The fourth-order valence-electron chi connectivity index (χ4n) is 3.62. The van der Waals surface area contributed by atoms with E-state index in [2.05, 4.69) is 10.6 Å². The number of aromatic hydroxyl groups is 1. The van der Waals surface area contributed by atoms with Crippen molar-refractivity contribution < 1.29 is 32.6 Å². The minimum atomic E-state index is -3.90. The Morgan fingerprint density at radius 2 is 1.84 bits per heavy atom. The molecule has 0 saturated carbocycles. The van der Waals surface area contributed by atoms with E-state index in [4.69, 9.17) is 9.47 Å². The van der Waals surface area contributed by atoms with Crippen LogP contribution in [0.15, 0.2) is 52.6 Å². The van der Waals surface area contributed by atoms with E-state index in [1.54, 1.807) is 19.1 Å². The van der Waals surface area contributed by atoms with Crippen LogP contribution >= 0.6 is 0 Å². The maximum Gasteiger partial charge on any atom is 0.338 e. The Kier molecular flexibility index (Phi) is 6.45. The number of sulfone groups is 1. The van der Waals surface area contributed by atoms with Gasteiger partial charge >= 0.3 is 12.0 Å². The smallest absolute Gasteiger partial charge is 0.338 e. The van der Waals surface area contributed by atoms with Gasteiger partial charge in [0.1, 0.15) is 0 Å². The predicted octanol–water partition coefficient (Wildman–Crippen LogP) is 2.27. The SMILES string of the molecule is COC(=O)C1=C(CS(=O)(=O)c2ccc(C)cc2C)NC(=O)N[C@@H]1c1ccc(O)c(OC)c1. The third-order valence-electron chi connectivity index (χ3n) is 5.10. The fraction of sp³-hybridized carbons (Fsp3) is 0.273. The lowest BCUT2D eigenvalue weighted by Crippen LogP contribution is -2.47. The van der Waals surface area contributed by atoms with Crippen molar-refractivity contribution in [2.75, 3.05) is 20.0 Å². The average Bonchev–Trinajstić information content (AvgIpc) is 2.72. The number of ether oxygens (including phenoxy) is 2. The van der Waals surface area contributed by atoms with Gasteiger partial charge in [-0.15, -0.1) is 0 Å². The van der Waals surface area contributed by atoms with Gasteiger partial charge in [0.05, 0.1) is 36.5 Å². The van der Waals surface area contributed by atoms with E-state index in [1.807, 2.05) is 6.92 Å². The molecule has 1 heterocycles. The van der Waals surface area contributed by atoms with Crippen molar-refractivity contribution in [3.63, 3.8) is 0 Å². The van der Waals surface area contributed by atoms with E-state index in [0.29, 0.717) is 11.1 Å². The van der Waals surface area contributed by atoms with Gasteiger partial charge in [-0.05, 0) is 43.2 Å². The summed E-state index contributed by atoms with van der Waals surface area (Å²) in [6, 6.07) is 7.53. The topological polar surface area (TPSA) is 131 Å². The van der Waals surface area contributed by atoms with Gasteiger partial charge < -0.3 is 25.2 Å². The van der Waals surface area contributed by atoms with Crippen LogP contribution < -0.4 is 15.4 Å². The maximum absolute atomic E-state index is 13.2. The second-order valence-electron chi connectivity index (χ2n) is 7.37. The number of hydrogen-bond acceptors (Lipinski definition) is 7. The summed E-state index contributed by atoms with van der Waals surface area (Å²) in [5.41, 5.74) is 1.72. The van der Waals surface area contributed by atoms with Crippen molar-refractivity contribution in [3.8, 4) is 11.5 Å². The third kappa shape index (κ3) is 4.54. The van der Waals surface area contributed by atoms with Gasteiger partial charge in [0.2, 0.25) is 0 Å². The van der Waals surface area contributed by atoms with E-state index in [9.17, 15) is 23.1 Å². The number of amides is 2. The van der Waals surface area contributed by atoms with Gasteiger partial charge in [-0.2, -0.15) is 0 Å². The molecule has 32 heavy (non-hydrogen) atoms. The van der Waals surface area contributed by atoms with E-state index < -0.39 is 33.6 Å². The molecule has 1 atom stereocenters. The molecule has 2 aromatic carbocycles. The summed E-state index contributed by atoms with van der Waals surface area (Å²) in [4.78, 5) is 25.2. The number of hydrogen-bond donors (Lipinski definition) is 3. The molecule has 9 nitrogen and oxygen atoms in total. The molecule has 3 rings (SSSR count). The second kappa shape index (κ2) is 8.91. The standard InChI is InChI=1S/C22H24N2O7S/c1-12-5-8-18(13(2)9-12)32(28,29)11-15-19(21(26)31-4)20(24-22(27)23-15)14-6-7-16(25)17(10-14)30-3/h5-10,20,25H,11H2,1-4H3,(H2,23,24,27)/t20-/m1/s1. The molecule has 1 aliphatic heterocycles. The molecule has 0 spiro atoms. The number of aryl methyl sites for hydroxylation is 2. The Morgan fingerprint density at radius 1 is 1.12 bits per heavy atom. The fourth-order valence-corrected chi connectivity index (χ4v) is 5.21. The highest BCUT2D eigenvalue weighted by Gasteiger charge is 2.36. The number of carbonyl (C=O) groups is 2. The third-order valence-corrected chi connectivity index (χ3v) is 6.89. The molecule has 1 aliphatic rings. The van der Waals surface area contributed by atoms with Crippen LogP contribution in [0, 0.1) is 13.8 Å². The number of methoxy groups -OCH3 is 2. The number of benzene rings is 2. The Balaban J connectivity index is 2.13. The molecule has 2 aromatic rings. The Bertz CT molecular complexity index is 1220. The normalized spacial score (nSPS) is 16.2. The van der Waals surface area contributed by atoms with Crippen LogP contribution in [0.4, 0.5) is 4.79 Å². The lowest BCUT2D eigenvalue weighted by Gasteiger charge is -2.29. The van der Waals surface area contributed by atoms with Gasteiger partial charge in [-0.1, -0.05) is 23.8 Å². The van der Waals surface area contributed by atoms with Crippen LogP contribution in [0.2, 0.25) is 0 Å². The summed E-state index contributed by atoms with van der Waals surface area (Å²) in [5, 5.41) is 14.9. The van der Waals surface area contributed by atoms with Crippen molar-refractivity contribution in [2.24, 2.45) is 0 Å². The number of phenolic OH excluding ortho intramolecular Hbond substituents is 1. The molecule has 2 amide bonds. The minimum Gasteiger partial charge on any atom is -0.504 e. The summed E-state index contributed by atoms with van der Waals surface area (Å²) in [6.45, 7) is 3.53. The Labute approximate surface area is 186 Å².